The molecule has 0 aliphatic heterocycles. The van der Waals surface area contributed by atoms with Crippen molar-refractivity contribution >= 4 is 11.8 Å². The van der Waals surface area contributed by atoms with Crippen LogP contribution in [0, 0.1) is 0 Å². The number of nitrogens with one attached hydrogen (secondary N) is 3. The lowest BCUT2D eigenvalue weighted by Crippen LogP contribution is -2.44. The molecule has 0 aliphatic carbocycles. The van der Waals surface area contributed by atoms with E-state index in [1.54, 1.807) is 0 Å². The highest BCUT2D eigenvalue weighted by molar-refractivity contribution is 5.78. The highest BCUT2D eigenvalue weighted by Crippen LogP contribution is 1.96. The molecule has 0 saturated carbocycles. The zero-order valence-corrected chi connectivity index (χ0v) is 9.94. The van der Waals surface area contributed by atoms with Gasteiger partial charge in [0.1, 0.15) is 0 Å². The first-order chi connectivity index (χ1) is 6.81. The molecule has 3 N–H and O–H groups in total. The molecule has 0 aliphatic rings. The van der Waals surface area contributed by atoms with Crippen molar-refractivity contribution in [3.8, 4) is 0 Å². The van der Waals surface area contributed by atoms with Crippen molar-refractivity contribution in [3.05, 3.63) is 0 Å². The van der Waals surface area contributed by atoms with Gasteiger partial charge in [-0.25, -0.2) is 0 Å². The summed E-state index contributed by atoms with van der Waals surface area (Å²) in [5.74, 6) is -0.146. The molecule has 15 heavy (non-hydrogen) atoms. The predicted molar refractivity (Wildman–Crippen MR) is 59.4 cm³/mol. The van der Waals surface area contributed by atoms with Gasteiger partial charge in [0.25, 0.3) is 0 Å². The first-order valence-electron chi connectivity index (χ1n) is 5.07. The molecule has 0 spiro atoms. The third-order valence-corrected chi connectivity index (χ3v) is 1.60. The molecule has 0 saturated heterocycles. The SMILES string of the molecule is CC(=O)NCCNC(=O)CNC(C)(C)C. The van der Waals surface area contributed by atoms with E-state index in [1.165, 1.54) is 6.92 Å². The molecule has 0 atom stereocenters. The lowest BCUT2D eigenvalue weighted by molar-refractivity contribution is -0.121. The van der Waals surface area contributed by atoms with Gasteiger partial charge in [0, 0.05) is 25.6 Å². The van der Waals surface area contributed by atoms with E-state index in [0.717, 1.165) is 0 Å². The largest absolute Gasteiger partial charge is 0.355 e. The number of hydrogen-bond donors (Lipinski definition) is 3. The van der Waals surface area contributed by atoms with Gasteiger partial charge in [-0.2, -0.15) is 0 Å². The molecule has 5 heteroatoms. The zero-order chi connectivity index (χ0) is 11.9. The summed E-state index contributed by atoms with van der Waals surface area (Å²) in [6, 6.07) is 0. The molecule has 5 nitrogen and oxygen atoms in total. The van der Waals surface area contributed by atoms with E-state index < -0.39 is 0 Å². The Morgan fingerprint density at radius 3 is 2.07 bits per heavy atom. The Labute approximate surface area is 91.0 Å². The van der Waals surface area contributed by atoms with Crippen molar-refractivity contribution in [2.45, 2.75) is 33.2 Å². The van der Waals surface area contributed by atoms with Gasteiger partial charge in [-0.15, -0.1) is 0 Å². The maximum atomic E-state index is 11.2. The van der Waals surface area contributed by atoms with Gasteiger partial charge in [0.05, 0.1) is 6.54 Å². The summed E-state index contributed by atoms with van der Waals surface area (Å²) in [7, 11) is 0. The number of rotatable bonds is 5. The van der Waals surface area contributed by atoms with Gasteiger partial charge in [-0.05, 0) is 20.8 Å². The molecule has 0 aromatic carbocycles. The fourth-order valence-electron chi connectivity index (χ4n) is 0.848. The Morgan fingerprint density at radius 1 is 1.07 bits per heavy atom. The monoisotopic (exact) mass is 215 g/mol. The van der Waals surface area contributed by atoms with Gasteiger partial charge < -0.3 is 16.0 Å². The van der Waals surface area contributed by atoms with Crippen LogP contribution in [0.4, 0.5) is 0 Å². The second-order valence-electron chi connectivity index (χ2n) is 4.44. The van der Waals surface area contributed by atoms with Gasteiger partial charge in [0.15, 0.2) is 0 Å². The van der Waals surface area contributed by atoms with E-state index in [4.69, 9.17) is 0 Å². The molecular weight excluding hydrogens is 194 g/mol. The van der Waals surface area contributed by atoms with Crippen molar-refractivity contribution in [1.82, 2.24) is 16.0 Å². The fraction of sp³-hybridized carbons (Fsp3) is 0.800. The predicted octanol–water partition coefficient (Wildman–Crippen LogP) is -0.373. The summed E-state index contributed by atoms with van der Waals surface area (Å²) in [6.07, 6.45) is 0. The Hall–Kier alpha value is -1.10. The lowest BCUT2D eigenvalue weighted by Gasteiger charge is -2.19. The van der Waals surface area contributed by atoms with Crippen LogP contribution in [-0.2, 0) is 9.59 Å². The van der Waals surface area contributed by atoms with Gasteiger partial charge in [-0.1, -0.05) is 0 Å². The molecule has 0 fully saturated rings. The summed E-state index contributed by atoms with van der Waals surface area (Å²) in [4.78, 5) is 21.8. The summed E-state index contributed by atoms with van der Waals surface area (Å²) < 4.78 is 0. The smallest absolute Gasteiger partial charge is 0.234 e. The van der Waals surface area contributed by atoms with Crippen LogP contribution < -0.4 is 16.0 Å². The topological polar surface area (TPSA) is 70.2 Å². The van der Waals surface area contributed by atoms with Crippen LogP contribution in [0.2, 0.25) is 0 Å². The lowest BCUT2D eigenvalue weighted by atomic mass is 10.1. The zero-order valence-electron chi connectivity index (χ0n) is 9.94. The maximum absolute atomic E-state index is 11.2. The second-order valence-corrected chi connectivity index (χ2v) is 4.44. The highest BCUT2D eigenvalue weighted by atomic mass is 16.2. The summed E-state index contributed by atoms with van der Waals surface area (Å²) >= 11 is 0. The molecule has 0 heterocycles. The molecule has 0 unspecified atom stereocenters. The van der Waals surface area contributed by atoms with Crippen LogP contribution in [0.15, 0.2) is 0 Å². The van der Waals surface area contributed by atoms with Crippen molar-refractivity contribution in [1.29, 1.82) is 0 Å². The molecule has 88 valence electrons. The highest BCUT2D eigenvalue weighted by Gasteiger charge is 2.10. The van der Waals surface area contributed by atoms with Crippen molar-refractivity contribution in [2.75, 3.05) is 19.6 Å². The third-order valence-electron chi connectivity index (χ3n) is 1.60. The number of carbonyl (C=O) groups is 2. The Kier molecular flexibility index (Phi) is 5.93. The molecular formula is C10H21N3O2. The standard InChI is InChI=1S/C10H21N3O2/c1-8(14)11-5-6-12-9(15)7-13-10(2,3)4/h13H,5-7H2,1-4H3,(H,11,14)(H,12,15). The molecule has 0 aromatic heterocycles. The minimum atomic E-state index is -0.0861. The number of hydrogen-bond acceptors (Lipinski definition) is 3. The minimum Gasteiger partial charge on any atom is -0.355 e. The minimum absolute atomic E-state index is 0.0599. The van der Waals surface area contributed by atoms with Gasteiger partial charge >= 0.3 is 0 Å². The van der Waals surface area contributed by atoms with Crippen LogP contribution in [0.25, 0.3) is 0 Å². The quantitative estimate of drug-likeness (QED) is 0.548. The summed E-state index contributed by atoms with van der Waals surface area (Å²) in [6.45, 7) is 8.67. The van der Waals surface area contributed by atoms with Gasteiger partial charge in [0.2, 0.25) is 11.8 Å². The first-order valence-corrected chi connectivity index (χ1v) is 5.07. The van der Waals surface area contributed by atoms with E-state index in [0.29, 0.717) is 19.6 Å². The van der Waals surface area contributed by atoms with E-state index in [2.05, 4.69) is 16.0 Å². The maximum Gasteiger partial charge on any atom is 0.234 e. The summed E-state index contributed by atoms with van der Waals surface area (Å²) in [5, 5.41) is 8.37. The van der Waals surface area contributed by atoms with E-state index in [9.17, 15) is 9.59 Å². The van der Waals surface area contributed by atoms with E-state index in [-0.39, 0.29) is 17.4 Å². The first kappa shape index (κ1) is 13.9. The van der Waals surface area contributed by atoms with Crippen LogP contribution >= 0.6 is 0 Å². The Bertz CT molecular complexity index is 221. The second kappa shape index (κ2) is 6.40. The third kappa shape index (κ3) is 10.8. The number of amides is 2. The van der Waals surface area contributed by atoms with Crippen LogP contribution in [0.5, 0.6) is 0 Å². The van der Waals surface area contributed by atoms with E-state index in [1.807, 2.05) is 20.8 Å². The average molecular weight is 215 g/mol. The Morgan fingerprint density at radius 2 is 1.60 bits per heavy atom. The van der Waals surface area contributed by atoms with Crippen LogP contribution in [-0.4, -0.2) is 37.0 Å². The van der Waals surface area contributed by atoms with Gasteiger partial charge in [-0.3, -0.25) is 9.59 Å². The molecule has 2 amide bonds. The normalized spacial score (nSPS) is 10.9. The van der Waals surface area contributed by atoms with Crippen LogP contribution in [0.3, 0.4) is 0 Å². The van der Waals surface area contributed by atoms with Crippen molar-refractivity contribution in [2.24, 2.45) is 0 Å². The van der Waals surface area contributed by atoms with E-state index >= 15 is 0 Å². The molecule has 0 radical (unpaired) electrons. The van der Waals surface area contributed by atoms with Crippen molar-refractivity contribution < 1.29 is 9.59 Å². The Balaban J connectivity index is 3.46. The van der Waals surface area contributed by atoms with Crippen LogP contribution in [0.1, 0.15) is 27.7 Å². The molecule has 0 aromatic rings. The van der Waals surface area contributed by atoms with Crippen molar-refractivity contribution in [3.63, 3.8) is 0 Å². The number of carbonyl (C=O) groups excluding carboxylic acids is 2. The average Bonchev–Trinajstić information content (AvgIpc) is 2.07. The summed E-state index contributed by atoms with van der Waals surface area (Å²) in [5.41, 5.74) is -0.0605. The molecule has 0 bridgehead atoms. The molecule has 0 rings (SSSR count). The fourth-order valence-corrected chi connectivity index (χ4v) is 0.848.